The van der Waals surface area contributed by atoms with Crippen LogP contribution in [-0.2, 0) is 4.74 Å². The zero-order valence-electron chi connectivity index (χ0n) is 11.1. The highest BCUT2D eigenvalue weighted by atomic mass is 19.2. The van der Waals surface area contributed by atoms with Crippen molar-refractivity contribution in [3.8, 4) is 6.07 Å². The van der Waals surface area contributed by atoms with E-state index in [2.05, 4.69) is 9.72 Å². The van der Waals surface area contributed by atoms with Crippen LogP contribution in [0.3, 0.4) is 0 Å². The first kappa shape index (κ1) is 13.8. The van der Waals surface area contributed by atoms with Crippen molar-refractivity contribution in [2.24, 2.45) is 0 Å². The molecule has 0 radical (unpaired) electrons. The van der Waals surface area contributed by atoms with E-state index >= 15 is 0 Å². The number of rotatable bonds is 1. The highest BCUT2D eigenvalue weighted by Crippen LogP contribution is 2.21. The molecule has 2 aromatic heterocycles. The monoisotopic (exact) mass is 303 g/mol. The average Bonchev–Trinajstić information content (AvgIpc) is 2.83. The van der Waals surface area contributed by atoms with Crippen LogP contribution in [0.2, 0.25) is 0 Å². The lowest BCUT2D eigenvalue weighted by Gasteiger charge is -2.02. The molecule has 0 bridgehead atoms. The van der Waals surface area contributed by atoms with Gasteiger partial charge in [-0.2, -0.15) is 5.26 Å². The van der Waals surface area contributed by atoms with Crippen molar-refractivity contribution in [2.45, 2.75) is 0 Å². The maximum Gasteiger partial charge on any atom is 0.343 e. The number of pyridine rings is 1. The van der Waals surface area contributed by atoms with E-state index in [9.17, 15) is 18.4 Å². The number of halogens is 2. The van der Waals surface area contributed by atoms with Crippen molar-refractivity contribution in [1.82, 2.24) is 9.38 Å². The van der Waals surface area contributed by atoms with Gasteiger partial charge in [0, 0.05) is 18.3 Å². The Labute approximate surface area is 121 Å². The van der Waals surface area contributed by atoms with Gasteiger partial charge in [-0.1, -0.05) is 0 Å². The molecule has 1 aromatic carbocycles. The number of aromatic amines is 1. The number of nitrogens with zero attached hydrogens (tertiary/aromatic N) is 2. The summed E-state index contributed by atoms with van der Waals surface area (Å²) in [5.74, 6) is -3.09. The van der Waals surface area contributed by atoms with E-state index in [1.54, 1.807) is 6.07 Å². The Hall–Kier alpha value is -3.21. The van der Waals surface area contributed by atoms with Gasteiger partial charge in [0.05, 0.1) is 18.1 Å². The van der Waals surface area contributed by atoms with Crippen molar-refractivity contribution in [3.05, 3.63) is 51.3 Å². The molecule has 3 rings (SSSR count). The number of carbonyl (C=O) groups excluding carboxylic acids is 1. The molecule has 22 heavy (non-hydrogen) atoms. The summed E-state index contributed by atoms with van der Waals surface area (Å²) in [6.07, 6.45) is 1.13. The molecule has 2 heterocycles. The summed E-state index contributed by atoms with van der Waals surface area (Å²) in [6.45, 7) is 0. The molecule has 0 fully saturated rings. The van der Waals surface area contributed by atoms with Crippen LogP contribution in [0.15, 0.2) is 23.1 Å². The number of carbonyl (C=O) groups is 1. The van der Waals surface area contributed by atoms with Crippen molar-refractivity contribution in [1.29, 1.82) is 5.26 Å². The second-order valence-corrected chi connectivity index (χ2v) is 4.48. The van der Waals surface area contributed by atoms with Crippen LogP contribution in [0.25, 0.3) is 16.7 Å². The predicted octanol–water partition coefficient (Wildman–Crippen LogP) is 1.72. The molecule has 0 atom stereocenters. The largest absolute Gasteiger partial charge is 0.465 e. The highest BCUT2D eigenvalue weighted by Gasteiger charge is 2.20. The van der Waals surface area contributed by atoms with Gasteiger partial charge in [0.2, 0.25) is 5.43 Å². The van der Waals surface area contributed by atoms with Crippen molar-refractivity contribution >= 4 is 22.6 Å². The summed E-state index contributed by atoms with van der Waals surface area (Å²) in [5, 5.41) is 9.15. The first-order valence-corrected chi connectivity index (χ1v) is 6.02. The number of nitrogens with one attached hydrogen (secondary N) is 1. The summed E-state index contributed by atoms with van der Waals surface area (Å²) < 4.78 is 32.4. The molecule has 110 valence electrons. The zero-order chi connectivity index (χ0) is 16.0. The number of nitriles is 1. The van der Waals surface area contributed by atoms with Crippen LogP contribution in [0.1, 0.15) is 15.9 Å². The third-order valence-electron chi connectivity index (χ3n) is 3.28. The molecular formula is C14H7F2N3O3. The molecule has 0 unspecified atom stereocenters. The minimum Gasteiger partial charge on any atom is -0.465 e. The number of esters is 1. The topological polar surface area (TPSA) is 87.4 Å². The summed E-state index contributed by atoms with van der Waals surface area (Å²) in [6, 6.07) is 3.50. The average molecular weight is 303 g/mol. The van der Waals surface area contributed by atoms with Crippen LogP contribution in [0, 0.1) is 23.0 Å². The molecule has 0 aliphatic heterocycles. The summed E-state index contributed by atoms with van der Waals surface area (Å²) in [4.78, 5) is 26.4. The predicted molar refractivity (Wildman–Crippen MR) is 71.5 cm³/mol. The Balaban J connectivity index is 2.55. The minimum absolute atomic E-state index is 0.0418. The van der Waals surface area contributed by atoms with E-state index < -0.39 is 23.0 Å². The maximum absolute atomic E-state index is 13.4. The fourth-order valence-electron chi connectivity index (χ4n) is 2.25. The number of benzene rings is 1. The lowest BCUT2D eigenvalue weighted by Crippen LogP contribution is -2.20. The van der Waals surface area contributed by atoms with Crippen LogP contribution in [0.4, 0.5) is 8.78 Å². The smallest absolute Gasteiger partial charge is 0.343 e. The van der Waals surface area contributed by atoms with Gasteiger partial charge in [0.25, 0.3) is 0 Å². The Morgan fingerprint density at radius 1 is 1.36 bits per heavy atom. The number of hydrogen-bond acceptors (Lipinski definition) is 4. The van der Waals surface area contributed by atoms with Crippen molar-refractivity contribution in [3.63, 3.8) is 0 Å². The number of methoxy groups -OCH3 is 1. The second-order valence-electron chi connectivity index (χ2n) is 4.48. The molecule has 0 saturated heterocycles. The Bertz CT molecular complexity index is 1040. The molecule has 3 aromatic rings. The van der Waals surface area contributed by atoms with Gasteiger partial charge in [-0.25, -0.2) is 13.6 Å². The number of imidazole rings is 1. The number of ether oxygens (including phenoxy) is 1. The standard InChI is InChI=1S/C14H7F2N3O3/c1-22-14(21)7-5-19-11-3-9(16)8(15)2-10(11)18-13(19)6(4-17)12(7)20/h2-3,5,18H,1H3. The van der Waals surface area contributed by atoms with E-state index in [4.69, 9.17) is 5.26 Å². The first-order chi connectivity index (χ1) is 10.5. The van der Waals surface area contributed by atoms with Gasteiger partial charge in [0.1, 0.15) is 22.8 Å². The Kier molecular flexibility index (Phi) is 2.92. The molecule has 0 spiro atoms. The van der Waals surface area contributed by atoms with E-state index in [1.165, 1.54) is 4.40 Å². The quantitative estimate of drug-likeness (QED) is 0.693. The molecule has 8 heteroatoms. The van der Waals surface area contributed by atoms with Crippen LogP contribution < -0.4 is 5.43 Å². The minimum atomic E-state index is -1.09. The van der Waals surface area contributed by atoms with Gasteiger partial charge in [-0.15, -0.1) is 0 Å². The molecule has 0 aliphatic rings. The van der Waals surface area contributed by atoms with Gasteiger partial charge in [-0.3, -0.25) is 9.20 Å². The molecule has 0 amide bonds. The Morgan fingerprint density at radius 3 is 2.68 bits per heavy atom. The van der Waals surface area contributed by atoms with Gasteiger partial charge in [-0.05, 0) is 0 Å². The van der Waals surface area contributed by atoms with Crippen LogP contribution in [0.5, 0.6) is 0 Å². The fraction of sp³-hybridized carbons (Fsp3) is 0.0714. The normalized spacial score (nSPS) is 10.8. The summed E-state index contributed by atoms with van der Waals surface area (Å²) in [5.41, 5.74) is -1.14. The molecule has 6 nitrogen and oxygen atoms in total. The molecule has 0 saturated carbocycles. The third-order valence-corrected chi connectivity index (χ3v) is 3.28. The lowest BCUT2D eigenvalue weighted by molar-refractivity contribution is 0.0598. The SMILES string of the molecule is COC(=O)c1cn2c([nH]c3cc(F)c(F)cc32)c(C#N)c1=O. The molecular weight excluding hydrogens is 296 g/mol. The second kappa shape index (κ2) is 4.66. The molecule has 1 N–H and O–H groups in total. The lowest BCUT2D eigenvalue weighted by atomic mass is 10.2. The summed E-state index contributed by atoms with van der Waals surface area (Å²) in [7, 11) is 1.09. The Morgan fingerprint density at radius 2 is 2.05 bits per heavy atom. The van der Waals surface area contributed by atoms with E-state index in [0.29, 0.717) is 0 Å². The highest BCUT2D eigenvalue weighted by molar-refractivity contribution is 5.91. The maximum atomic E-state index is 13.4. The van der Waals surface area contributed by atoms with Crippen LogP contribution in [-0.4, -0.2) is 22.5 Å². The van der Waals surface area contributed by atoms with E-state index in [0.717, 1.165) is 25.4 Å². The number of fused-ring (bicyclic) bond motifs is 3. The number of aromatic nitrogens is 2. The molecule has 0 aliphatic carbocycles. The zero-order valence-corrected chi connectivity index (χ0v) is 11.1. The first-order valence-electron chi connectivity index (χ1n) is 6.02. The number of H-pyrrole nitrogens is 1. The van der Waals surface area contributed by atoms with Crippen molar-refractivity contribution < 1.29 is 18.3 Å². The van der Waals surface area contributed by atoms with Crippen molar-refractivity contribution in [2.75, 3.05) is 7.11 Å². The number of hydrogen-bond donors (Lipinski definition) is 1. The summed E-state index contributed by atoms with van der Waals surface area (Å²) >= 11 is 0. The van der Waals surface area contributed by atoms with Gasteiger partial charge in [0.15, 0.2) is 11.6 Å². The fourth-order valence-corrected chi connectivity index (χ4v) is 2.25. The van der Waals surface area contributed by atoms with Gasteiger partial charge < -0.3 is 9.72 Å². The third kappa shape index (κ3) is 1.76. The van der Waals surface area contributed by atoms with Crippen LogP contribution >= 0.6 is 0 Å². The van der Waals surface area contributed by atoms with E-state index in [-0.39, 0.29) is 27.8 Å². The van der Waals surface area contributed by atoms with E-state index in [1.807, 2.05) is 0 Å². The van der Waals surface area contributed by atoms with Gasteiger partial charge >= 0.3 is 5.97 Å².